The standard InChI is InChI=1S/C13H14ClN3O3S/c1-6-5-21-11(9(6)14)10(8(4-15)13(19)20)17-7(2)12(18)16-3/h5,7,17H,1-3H3,(H,16,18)(H,19,20)/b10-8-. The number of hydrogen-bond acceptors (Lipinski definition) is 5. The van der Waals surface area contributed by atoms with Crippen LogP contribution in [0, 0.1) is 18.3 Å². The first kappa shape index (κ1) is 17.0. The van der Waals surface area contributed by atoms with Crippen LogP contribution in [0.1, 0.15) is 17.4 Å². The summed E-state index contributed by atoms with van der Waals surface area (Å²) in [6, 6.07) is 0.916. The Balaban J connectivity index is 3.39. The highest BCUT2D eigenvalue weighted by atomic mass is 35.5. The molecule has 8 heteroatoms. The summed E-state index contributed by atoms with van der Waals surface area (Å²) in [5.74, 6) is -1.72. The number of aliphatic carboxylic acids is 1. The minimum absolute atomic E-state index is 0.0456. The molecule has 21 heavy (non-hydrogen) atoms. The molecule has 1 amide bonds. The molecule has 0 fully saturated rings. The fraction of sp³-hybridized carbons (Fsp3) is 0.308. The maximum absolute atomic E-state index is 11.6. The number of carboxylic acids is 1. The number of hydrogen-bond donors (Lipinski definition) is 3. The first-order valence-electron chi connectivity index (χ1n) is 5.93. The van der Waals surface area contributed by atoms with Gasteiger partial charge in [0.1, 0.15) is 12.1 Å². The van der Waals surface area contributed by atoms with Gasteiger partial charge in [0, 0.05) is 7.05 Å². The lowest BCUT2D eigenvalue weighted by Gasteiger charge is -2.17. The molecule has 1 aromatic heterocycles. The van der Waals surface area contributed by atoms with Crippen LogP contribution in [0.15, 0.2) is 11.0 Å². The van der Waals surface area contributed by atoms with Crippen molar-refractivity contribution in [1.82, 2.24) is 10.6 Å². The summed E-state index contributed by atoms with van der Waals surface area (Å²) >= 11 is 7.35. The molecule has 0 saturated carbocycles. The van der Waals surface area contributed by atoms with Gasteiger partial charge in [-0.1, -0.05) is 11.6 Å². The quantitative estimate of drug-likeness (QED) is 0.565. The Kier molecular flexibility index (Phi) is 5.76. The summed E-state index contributed by atoms with van der Waals surface area (Å²) in [5, 5.41) is 25.5. The summed E-state index contributed by atoms with van der Waals surface area (Å²) < 4.78 is 0. The molecular weight excluding hydrogens is 314 g/mol. The Morgan fingerprint density at radius 3 is 2.52 bits per heavy atom. The van der Waals surface area contributed by atoms with Crippen LogP contribution < -0.4 is 10.6 Å². The molecule has 0 spiro atoms. The van der Waals surface area contributed by atoms with E-state index in [-0.39, 0.29) is 11.6 Å². The van der Waals surface area contributed by atoms with Crippen LogP contribution >= 0.6 is 22.9 Å². The number of halogens is 1. The SMILES string of the molecule is CNC(=O)C(C)N/C(=C(/C#N)C(=O)O)c1scc(C)c1Cl. The first-order valence-corrected chi connectivity index (χ1v) is 7.19. The van der Waals surface area contributed by atoms with Gasteiger partial charge in [0.05, 0.1) is 15.6 Å². The number of thiophene rings is 1. The van der Waals surface area contributed by atoms with Crippen LogP contribution in [0.3, 0.4) is 0 Å². The molecule has 112 valence electrons. The Morgan fingerprint density at radius 2 is 2.14 bits per heavy atom. The maximum atomic E-state index is 11.6. The van der Waals surface area contributed by atoms with Crippen molar-refractivity contribution in [3.63, 3.8) is 0 Å². The van der Waals surface area contributed by atoms with Crippen LogP contribution in [-0.2, 0) is 9.59 Å². The van der Waals surface area contributed by atoms with Crippen molar-refractivity contribution in [3.8, 4) is 6.07 Å². The van der Waals surface area contributed by atoms with Crippen molar-refractivity contribution in [2.75, 3.05) is 7.05 Å². The molecule has 1 unspecified atom stereocenters. The molecule has 3 N–H and O–H groups in total. The zero-order valence-corrected chi connectivity index (χ0v) is 13.2. The molecular formula is C13H14ClN3O3S. The lowest BCUT2D eigenvalue weighted by molar-refractivity contribution is -0.132. The highest BCUT2D eigenvalue weighted by Gasteiger charge is 2.23. The minimum atomic E-state index is -1.38. The van der Waals surface area contributed by atoms with Crippen molar-refractivity contribution >= 4 is 40.5 Å². The van der Waals surface area contributed by atoms with Crippen LogP contribution in [0.2, 0.25) is 5.02 Å². The molecule has 0 bridgehead atoms. The fourth-order valence-corrected chi connectivity index (χ4v) is 2.86. The van der Waals surface area contributed by atoms with E-state index in [9.17, 15) is 9.59 Å². The number of rotatable bonds is 5. The molecule has 0 saturated heterocycles. The zero-order valence-electron chi connectivity index (χ0n) is 11.7. The third kappa shape index (κ3) is 3.74. The number of carbonyl (C=O) groups excluding carboxylic acids is 1. The maximum Gasteiger partial charge on any atom is 0.348 e. The summed E-state index contributed by atoms with van der Waals surface area (Å²) in [5.41, 5.74) is 0.324. The average Bonchev–Trinajstić information content (AvgIpc) is 2.77. The molecule has 0 aliphatic rings. The van der Waals surface area contributed by atoms with Crippen LogP contribution in [0.25, 0.3) is 5.70 Å². The van der Waals surface area contributed by atoms with Gasteiger partial charge in [0.25, 0.3) is 0 Å². The van der Waals surface area contributed by atoms with E-state index in [4.69, 9.17) is 22.0 Å². The molecule has 0 radical (unpaired) electrons. The number of carbonyl (C=O) groups is 2. The molecule has 0 aliphatic heterocycles. The van der Waals surface area contributed by atoms with E-state index >= 15 is 0 Å². The van der Waals surface area contributed by atoms with Crippen LogP contribution in [-0.4, -0.2) is 30.1 Å². The second kappa shape index (κ2) is 7.11. The van der Waals surface area contributed by atoms with Crippen molar-refractivity contribution in [2.24, 2.45) is 0 Å². The van der Waals surface area contributed by atoms with Crippen molar-refractivity contribution < 1.29 is 14.7 Å². The smallest absolute Gasteiger partial charge is 0.348 e. The first-order chi connectivity index (χ1) is 9.83. The second-order valence-electron chi connectivity index (χ2n) is 4.21. The Bertz CT molecular complexity index is 646. The number of nitrogens with zero attached hydrogens (tertiary/aromatic N) is 1. The molecule has 0 aromatic carbocycles. The minimum Gasteiger partial charge on any atom is -0.477 e. The third-order valence-corrected chi connectivity index (χ3v) is 4.42. The van der Waals surface area contributed by atoms with Crippen LogP contribution in [0.5, 0.6) is 0 Å². The van der Waals surface area contributed by atoms with E-state index in [1.807, 2.05) is 0 Å². The predicted molar refractivity (Wildman–Crippen MR) is 80.9 cm³/mol. The Labute approximate surface area is 131 Å². The summed E-state index contributed by atoms with van der Waals surface area (Å²) in [6.07, 6.45) is 0. The molecule has 6 nitrogen and oxygen atoms in total. The normalized spacial score (nSPS) is 12.9. The zero-order chi connectivity index (χ0) is 16.2. The summed E-state index contributed by atoms with van der Waals surface area (Å²) in [7, 11) is 1.47. The van der Waals surface area contributed by atoms with E-state index in [1.165, 1.54) is 18.4 Å². The summed E-state index contributed by atoms with van der Waals surface area (Å²) in [4.78, 5) is 23.2. The van der Waals surface area contributed by atoms with Gasteiger partial charge in [-0.05, 0) is 24.8 Å². The third-order valence-electron chi connectivity index (χ3n) is 2.70. The Hall–Kier alpha value is -2.04. The number of nitrogens with one attached hydrogen (secondary N) is 2. The molecule has 1 aromatic rings. The van der Waals surface area contributed by atoms with E-state index in [0.717, 1.165) is 5.56 Å². The molecule has 1 heterocycles. The average molecular weight is 328 g/mol. The number of nitriles is 1. The van der Waals surface area contributed by atoms with Gasteiger partial charge in [-0.3, -0.25) is 4.79 Å². The largest absolute Gasteiger partial charge is 0.477 e. The molecule has 0 aliphatic carbocycles. The topological polar surface area (TPSA) is 102 Å². The predicted octanol–water partition coefficient (Wildman–Crippen LogP) is 1.75. The van der Waals surface area contributed by atoms with Gasteiger partial charge in [0.15, 0.2) is 5.57 Å². The van der Waals surface area contributed by atoms with E-state index in [0.29, 0.717) is 9.90 Å². The lowest BCUT2D eigenvalue weighted by atomic mass is 10.1. The number of aryl methyl sites for hydroxylation is 1. The van der Waals surface area contributed by atoms with Crippen molar-refractivity contribution in [3.05, 3.63) is 26.4 Å². The summed E-state index contributed by atoms with van der Waals surface area (Å²) in [6.45, 7) is 3.33. The van der Waals surface area contributed by atoms with Gasteiger partial charge < -0.3 is 15.7 Å². The van der Waals surface area contributed by atoms with E-state index in [2.05, 4.69) is 10.6 Å². The molecule has 1 rings (SSSR count). The van der Waals surface area contributed by atoms with Gasteiger partial charge >= 0.3 is 5.97 Å². The van der Waals surface area contributed by atoms with Gasteiger partial charge in [-0.25, -0.2) is 4.79 Å². The van der Waals surface area contributed by atoms with Gasteiger partial charge in [-0.2, -0.15) is 5.26 Å². The lowest BCUT2D eigenvalue weighted by Crippen LogP contribution is -2.40. The highest BCUT2D eigenvalue weighted by molar-refractivity contribution is 7.12. The van der Waals surface area contributed by atoms with Crippen molar-refractivity contribution in [1.29, 1.82) is 5.26 Å². The van der Waals surface area contributed by atoms with Crippen molar-refractivity contribution in [2.45, 2.75) is 19.9 Å². The van der Waals surface area contributed by atoms with E-state index < -0.39 is 17.6 Å². The number of carboxylic acid groups (broad SMARTS) is 1. The Morgan fingerprint density at radius 1 is 1.52 bits per heavy atom. The monoisotopic (exact) mass is 327 g/mol. The second-order valence-corrected chi connectivity index (χ2v) is 5.47. The molecule has 1 atom stereocenters. The van der Waals surface area contributed by atoms with Gasteiger partial charge in [0.2, 0.25) is 5.91 Å². The number of likely N-dealkylation sites (N-methyl/N-ethyl adjacent to an activating group) is 1. The fourth-order valence-electron chi connectivity index (χ4n) is 1.56. The van der Waals surface area contributed by atoms with Crippen LogP contribution in [0.4, 0.5) is 0 Å². The highest BCUT2D eigenvalue weighted by Crippen LogP contribution is 2.33. The van der Waals surface area contributed by atoms with E-state index in [1.54, 1.807) is 25.3 Å². The van der Waals surface area contributed by atoms with Gasteiger partial charge in [-0.15, -0.1) is 11.3 Å². The number of amides is 1.